The fourth-order valence-electron chi connectivity index (χ4n) is 1.07. The summed E-state index contributed by atoms with van der Waals surface area (Å²) in [6, 6.07) is 2.39. The van der Waals surface area contributed by atoms with E-state index in [-0.39, 0.29) is 21.5 Å². The largest absolute Gasteiger partial charge is 0.481 e. The Balaban J connectivity index is 2.90. The number of nitro benzene ring substituents is 1. The van der Waals surface area contributed by atoms with Gasteiger partial charge in [0.25, 0.3) is 5.69 Å². The van der Waals surface area contributed by atoms with E-state index in [1.54, 1.807) is 6.92 Å². The maximum atomic E-state index is 10.7. The Kier molecular flexibility index (Phi) is 5.25. The highest BCUT2D eigenvalue weighted by molar-refractivity contribution is 7.99. The summed E-state index contributed by atoms with van der Waals surface area (Å²) in [5.74, 6) is -1.19. The normalized spacial score (nSPS) is 12.2. The van der Waals surface area contributed by atoms with Gasteiger partial charge in [0.1, 0.15) is 0 Å². The van der Waals surface area contributed by atoms with Gasteiger partial charge in [0.2, 0.25) is 0 Å². The summed E-state index contributed by atoms with van der Waals surface area (Å²) in [4.78, 5) is 21.1. The molecule has 0 aliphatic heterocycles. The maximum Gasteiger partial charge on any atom is 0.307 e. The Labute approximate surface area is 117 Å². The van der Waals surface area contributed by atoms with Crippen LogP contribution in [0.25, 0.3) is 0 Å². The molecule has 0 amide bonds. The molecule has 8 heteroatoms. The quantitative estimate of drug-likeness (QED) is 0.509. The third-order valence-electron chi connectivity index (χ3n) is 2.09. The van der Waals surface area contributed by atoms with E-state index in [9.17, 15) is 14.9 Å². The first-order valence-corrected chi connectivity index (χ1v) is 6.56. The molecule has 0 saturated carbocycles. The Morgan fingerprint density at radius 2 is 2.00 bits per heavy atom. The number of benzene rings is 1. The zero-order valence-corrected chi connectivity index (χ0v) is 11.6. The molecule has 18 heavy (non-hydrogen) atoms. The lowest BCUT2D eigenvalue weighted by molar-refractivity contribution is -0.384. The van der Waals surface area contributed by atoms with Crippen molar-refractivity contribution in [2.24, 2.45) is 5.92 Å². The molecule has 0 heterocycles. The van der Waals surface area contributed by atoms with Crippen LogP contribution in [-0.4, -0.2) is 21.8 Å². The molecule has 0 radical (unpaired) electrons. The van der Waals surface area contributed by atoms with E-state index >= 15 is 0 Å². The molecule has 0 saturated heterocycles. The molecular formula is C10H9Cl2NO4S. The fourth-order valence-corrected chi connectivity index (χ4v) is 2.83. The Morgan fingerprint density at radius 3 is 2.39 bits per heavy atom. The molecule has 1 aromatic rings. The second kappa shape index (κ2) is 6.26. The van der Waals surface area contributed by atoms with Crippen molar-refractivity contribution in [2.75, 3.05) is 5.75 Å². The minimum atomic E-state index is -0.920. The van der Waals surface area contributed by atoms with Crippen LogP contribution in [0.15, 0.2) is 17.0 Å². The molecule has 1 atom stereocenters. The fraction of sp³-hybridized carbons (Fsp3) is 0.300. The van der Waals surface area contributed by atoms with Crippen molar-refractivity contribution < 1.29 is 14.8 Å². The smallest absolute Gasteiger partial charge is 0.307 e. The third-order valence-corrected chi connectivity index (χ3v) is 4.31. The maximum absolute atomic E-state index is 10.7. The first-order valence-electron chi connectivity index (χ1n) is 4.82. The molecule has 0 fully saturated rings. The summed E-state index contributed by atoms with van der Waals surface area (Å²) >= 11 is 12.9. The highest BCUT2D eigenvalue weighted by atomic mass is 35.5. The Hall–Kier alpha value is -0.980. The molecule has 0 spiro atoms. The lowest BCUT2D eigenvalue weighted by atomic mass is 10.2. The average Bonchev–Trinajstić information content (AvgIpc) is 2.26. The number of non-ortho nitro benzene ring substituents is 1. The number of thioether (sulfide) groups is 1. The molecule has 0 aliphatic rings. The molecule has 0 aromatic heterocycles. The van der Waals surface area contributed by atoms with Crippen molar-refractivity contribution in [1.29, 1.82) is 0 Å². The van der Waals surface area contributed by atoms with Crippen molar-refractivity contribution in [1.82, 2.24) is 0 Å². The minimum absolute atomic E-state index is 0.150. The molecule has 5 nitrogen and oxygen atoms in total. The standard InChI is InChI=1S/C10H9Cl2NO4S/c1-5(10(14)15)4-18-9-7(11)2-6(13(16)17)3-8(9)12/h2-3,5H,4H2,1H3,(H,14,15). The monoisotopic (exact) mass is 309 g/mol. The number of rotatable bonds is 5. The van der Waals surface area contributed by atoms with Gasteiger partial charge in [0, 0.05) is 22.8 Å². The van der Waals surface area contributed by atoms with E-state index in [2.05, 4.69) is 0 Å². The lowest BCUT2D eigenvalue weighted by Crippen LogP contribution is -2.11. The van der Waals surface area contributed by atoms with Crippen molar-refractivity contribution in [3.63, 3.8) is 0 Å². The van der Waals surface area contributed by atoms with Crippen LogP contribution in [0.1, 0.15) is 6.92 Å². The first kappa shape index (κ1) is 15.1. The number of hydrogen-bond acceptors (Lipinski definition) is 4. The van der Waals surface area contributed by atoms with Crippen LogP contribution < -0.4 is 0 Å². The average molecular weight is 310 g/mol. The summed E-state index contributed by atoms with van der Waals surface area (Å²) in [5, 5.41) is 19.6. The predicted octanol–water partition coefficient (Wildman–Crippen LogP) is 3.71. The number of halogens is 2. The molecule has 0 bridgehead atoms. The number of nitrogens with zero attached hydrogens (tertiary/aromatic N) is 1. The highest BCUT2D eigenvalue weighted by Crippen LogP contribution is 2.38. The summed E-state index contributed by atoms with van der Waals surface area (Å²) in [6.45, 7) is 1.56. The van der Waals surface area contributed by atoms with Crippen LogP contribution in [-0.2, 0) is 4.79 Å². The zero-order valence-electron chi connectivity index (χ0n) is 9.22. The molecule has 98 valence electrons. The van der Waals surface area contributed by atoms with Crippen LogP contribution in [0.2, 0.25) is 10.0 Å². The number of carbonyl (C=O) groups is 1. The molecule has 1 unspecified atom stereocenters. The Bertz CT molecular complexity index is 472. The van der Waals surface area contributed by atoms with Gasteiger partial charge in [-0.3, -0.25) is 14.9 Å². The van der Waals surface area contributed by atoms with Crippen LogP contribution in [0.4, 0.5) is 5.69 Å². The van der Waals surface area contributed by atoms with Crippen LogP contribution in [0, 0.1) is 16.0 Å². The van der Waals surface area contributed by atoms with Gasteiger partial charge in [-0.1, -0.05) is 30.1 Å². The highest BCUT2D eigenvalue weighted by Gasteiger charge is 2.17. The van der Waals surface area contributed by atoms with Crippen LogP contribution in [0.3, 0.4) is 0 Å². The van der Waals surface area contributed by atoms with Gasteiger partial charge >= 0.3 is 5.97 Å². The van der Waals surface area contributed by atoms with Gasteiger partial charge in [-0.05, 0) is 0 Å². The molecule has 1 N–H and O–H groups in total. The number of nitro groups is 1. The Morgan fingerprint density at radius 1 is 1.50 bits per heavy atom. The second-order valence-electron chi connectivity index (χ2n) is 3.55. The van der Waals surface area contributed by atoms with Crippen molar-refractivity contribution in [2.45, 2.75) is 11.8 Å². The predicted molar refractivity (Wildman–Crippen MR) is 70.6 cm³/mol. The zero-order chi connectivity index (χ0) is 13.9. The number of carboxylic acid groups (broad SMARTS) is 1. The van der Waals surface area contributed by atoms with E-state index in [4.69, 9.17) is 28.3 Å². The summed E-state index contributed by atoms with van der Waals surface area (Å²) in [6.07, 6.45) is 0. The lowest BCUT2D eigenvalue weighted by Gasteiger charge is -2.09. The van der Waals surface area contributed by atoms with Crippen molar-refractivity contribution in [3.05, 3.63) is 32.3 Å². The van der Waals surface area contributed by atoms with Crippen molar-refractivity contribution >= 4 is 46.6 Å². The van der Waals surface area contributed by atoms with Gasteiger partial charge in [-0.15, -0.1) is 11.8 Å². The topological polar surface area (TPSA) is 80.4 Å². The van der Waals surface area contributed by atoms with E-state index in [0.29, 0.717) is 4.90 Å². The molecular weight excluding hydrogens is 301 g/mol. The molecule has 1 aromatic carbocycles. The summed E-state index contributed by atoms with van der Waals surface area (Å²) < 4.78 is 0. The third kappa shape index (κ3) is 3.76. The van der Waals surface area contributed by atoms with Gasteiger partial charge < -0.3 is 5.11 Å². The second-order valence-corrected chi connectivity index (χ2v) is 5.39. The molecule has 0 aliphatic carbocycles. The minimum Gasteiger partial charge on any atom is -0.481 e. The van der Waals surface area contributed by atoms with E-state index < -0.39 is 16.8 Å². The first-order chi connectivity index (χ1) is 8.32. The van der Waals surface area contributed by atoms with Crippen LogP contribution in [0.5, 0.6) is 0 Å². The van der Waals surface area contributed by atoms with E-state index in [1.165, 1.54) is 12.1 Å². The van der Waals surface area contributed by atoms with E-state index in [0.717, 1.165) is 11.8 Å². The van der Waals surface area contributed by atoms with Gasteiger partial charge in [-0.2, -0.15) is 0 Å². The molecule has 1 rings (SSSR count). The van der Waals surface area contributed by atoms with Crippen molar-refractivity contribution in [3.8, 4) is 0 Å². The SMILES string of the molecule is CC(CSc1c(Cl)cc([N+](=O)[O-])cc1Cl)C(=O)O. The van der Waals surface area contributed by atoms with Crippen LogP contribution >= 0.6 is 35.0 Å². The summed E-state index contributed by atoms with van der Waals surface area (Å²) in [5.41, 5.74) is -0.194. The summed E-state index contributed by atoms with van der Waals surface area (Å²) in [7, 11) is 0. The van der Waals surface area contributed by atoms with Gasteiger partial charge in [0.05, 0.1) is 20.9 Å². The van der Waals surface area contributed by atoms with E-state index in [1.807, 2.05) is 0 Å². The number of carboxylic acids is 1. The van der Waals surface area contributed by atoms with Gasteiger partial charge in [-0.25, -0.2) is 0 Å². The number of hydrogen-bond donors (Lipinski definition) is 1. The number of aliphatic carboxylic acids is 1. The van der Waals surface area contributed by atoms with Gasteiger partial charge in [0.15, 0.2) is 0 Å².